The Kier molecular flexibility index (Phi) is 4.50. The van der Waals surface area contributed by atoms with Crippen LogP contribution in [0.25, 0.3) is 16.7 Å². The van der Waals surface area contributed by atoms with Gasteiger partial charge in [-0.1, -0.05) is 35.9 Å². The zero-order valence-corrected chi connectivity index (χ0v) is 16.4. The fourth-order valence-corrected chi connectivity index (χ4v) is 3.53. The number of aliphatic hydroxyl groups is 1. The Bertz CT molecular complexity index is 905. The first-order valence-corrected chi connectivity index (χ1v) is 8.96. The third-order valence-electron chi connectivity index (χ3n) is 4.78. The Labute approximate surface area is 159 Å². The molecule has 0 amide bonds. The molecule has 2 aromatic carbocycles. The molecule has 0 saturated heterocycles. The van der Waals surface area contributed by atoms with Crippen LogP contribution >= 0.6 is 11.6 Å². The first-order valence-electron chi connectivity index (χ1n) is 8.58. The molecule has 0 aromatic heterocycles. The standard InChI is InChI=1S/C22H23ClO3/c1-13-6-7-15(14-8-10-16(23)11-9-14)12-17(13)18-19(24)21(2,3)26-22(4,5)20(18)25/h6-12,24H,1-5H3. The molecule has 136 valence electrons. The predicted molar refractivity (Wildman–Crippen MR) is 105 cm³/mol. The van der Waals surface area contributed by atoms with E-state index in [4.69, 9.17) is 16.3 Å². The van der Waals surface area contributed by atoms with E-state index in [0.717, 1.165) is 22.3 Å². The third kappa shape index (κ3) is 3.17. The van der Waals surface area contributed by atoms with Gasteiger partial charge in [0.25, 0.3) is 0 Å². The van der Waals surface area contributed by atoms with E-state index < -0.39 is 11.2 Å². The molecule has 2 aromatic rings. The summed E-state index contributed by atoms with van der Waals surface area (Å²) in [6.45, 7) is 8.96. The highest BCUT2D eigenvalue weighted by Crippen LogP contribution is 2.41. The van der Waals surface area contributed by atoms with Crippen LogP contribution in [-0.2, 0) is 9.53 Å². The van der Waals surface area contributed by atoms with E-state index >= 15 is 0 Å². The smallest absolute Gasteiger partial charge is 0.198 e. The Morgan fingerprint density at radius 1 is 0.923 bits per heavy atom. The number of aliphatic hydroxyl groups excluding tert-OH is 1. The Hall–Kier alpha value is -2.10. The number of aryl methyl sites for hydroxylation is 1. The average molecular weight is 371 g/mol. The Morgan fingerprint density at radius 3 is 2.12 bits per heavy atom. The van der Waals surface area contributed by atoms with Crippen molar-refractivity contribution in [1.29, 1.82) is 0 Å². The zero-order valence-electron chi connectivity index (χ0n) is 15.7. The summed E-state index contributed by atoms with van der Waals surface area (Å²) in [7, 11) is 0. The van der Waals surface area contributed by atoms with Crippen LogP contribution < -0.4 is 0 Å². The monoisotopic (exact) mass is 370 g/mol. The molecule has 0 saturated carbocycles. The first kappa shape index (κ1) is 18.7. The average Bonchev–Trinajstić information content (AvgIpc) is 2.55. The van der Waals surface area contributed by atoms with Gasteiger partial charge in [-0.3, -0.25) is 4.79 Å². The second-order valence-corrected chi connectivity index (χ2v) is 8.15. The normalized spacial score (nSPS) is 18.9. The number of hydrogen-bond acceptors (Lipinski definition) is 3. The molecule has 26 heavy (non-hydrogen) atoms. The molecule has 0 atom stereocenters. The van der Waals surface area contributed by atoms with Crippen LogP contribution in [0.15, 0.2) is 48.2 Å². The van der Waals surface area contributed by atoms with Crippen molar-refractivity contribution in [2.75, 3.05) is 0 Å². The van der Waals surface area contributed by atoms with Gasteiger partial charge in [-0.15, -0.1) is 0 Å². The number of benzene rings is 2. The maximum Gasteiger partial charge on any atom is 0.198 e. The molecule has 0 aliphatic carbocycles. The van der Waals surface area contributed by atoms with Crippen molar-refractivity contribution in [2.45, 2.75) is 45.8 Å². The molecule has 0 spiro atoms. The third-order valence-corrected chi connectivity index (χ3v) is 5.03. The lowest BCUT2D eigenvalue weighted by Gasteiger charge is -2.40. The van der Waals surface area contributed by atoms with Crippen LogP contribution in [0.5, 0.6) is 0 Å². The van der Waals surface area contributed by atoms with Gasteiger partial charge in [0, 0.05) is 5.02 Å². The highest BCUT2D eigenvalue weighted by atomic mass is 35.5. The Morgan fingerprint density at radius 2 is 1.50 bits per heavy atom. The van der Waals surface area contributed by atoms with Gasteiger partial charge >= 0.3 is 0 Å². The molecule has 0 bridgehead atoms. The number of ether oxygens (including phenoxy) is 1. The van der Waals surface area contributed by atoms with Crippen molar-refractivity contribution < 1.29 is 14.6 Å². The lowest BCUT2D eigenvalue weighted by Crippen LogP contribution is -2.49. The number of ketones is 1. The van der Waals surface area contributed by atoms with Gasteiger partial charge in [-0.25, -0.2) is 0 Å². The highest BCUT2D eigenvalue weighted by molar-refractivity contribution is 6.30. The van der Waals surface area contributed by atoms with Crippen molar-refractivity contribution in [1.82, 2.24) is 0 Å². The molecule has 1 N–H and O–H groups in total. The van der Waals surface area contributed by atoms with E-state index in [1.54, 1.807) is 27.7 Å². The minimum Gasteiger partial charge on any atom is -0.508 e. The van der Waals surface area contributed by atoms with Crippen LogP contribution in [0.4, 0.5) is 0 Å². The van der Waals surface area contributed by atoms with Gasteiger partial charge in [-0.05, 0) is 75.1 Å². The maximum atomic E-state index is 13.0. The van der Waals surface area contributed by atoms with Crippen molar-refractivity contribution >= 4 is 23.0 Å². The van der Waals surface area contributed by atoms with Gasteiger partial charge in [0.2, 0.25) is 0 Å². The number of carbonyl (C=O) groups excluding carboxylic acids is 1. The summed E-state index contributed by atoms with van der Waals surface area (Å²) >= 11 is 5.98. The van der Waals surface area contributed by atoms with Gasteiger partial charge in [0.1, 0.15) is 17.0 Å². The number of hydrogen-bond donors (Lipinski definition) is 1. The molecule has 3 nitrogen and oxygen atoms in total. The largest absolute Gasteiger partial charge is 0.508 e. The lowest BCUT2D eigenvalue weighted by atomic mass is 9.81. The molecule has 0 radical (unpaired) electrons. The quantitative estimate of drug-likeness (QED) is 0.733. The number of Topliss-reactive ketones (excluding diaryl/α,β-unsaturated/α-hetero) is 1. The molecule has 3 rings (SSSR count). The molecule has 0 unspecified atom stereocenters. The highest BCUT2D eigenvalue weighted by Gasteiger charge is 2.47. The predicted octanol–water partition coefficient (Wildman–Crippen LogP) is 5.74. The van der Waals surface area contributed by atoms with Crippen LogP contribution in [-0.4, -0.2) is 22.1 Å². The summed E-state index contributed by atoms with van der Waals surface area (Å²) in [6.07, 6.45) is 0. The van der Waals surface area contributed by atoms with Crippen LogP contribution in [0.3, 0.4) is 0 Å². The summed E-state index contributed by atoms with van der Waals surface area (Å²) in [6, 6.07) is 13.4. The number of rotatable bonds is 2. The lowest BCUT2D eigenvalue weighted by molar-refractivity contribution is -0.158. The van der Waals surface area contributed by atoms with Crippen molar-refractivity contribution in [3.63, 3.8) is 0 Å². The van der Waals surface area contributed by atoms with E-state index in [9.17, 15) is 9.90 Å². The van der Waals surface area contributed by atoms with Gasteiger partial charge in [0.15, 0.2) is 5.78 Å². The molecule has 1 aliphatic heterocycles. The van der Waals surface area contributed by atoms with E-state index in [-0.39, 0.29) is 11.5 Å². The minimum absolute atomic E-state index is 0.0295. The van der Waals surface area contributed by atoms with Crippen LogP contribution in [0.1, 0.15) is 38.8 Å². The minimum atomic E-state index is -1.01. The maximum absolute atomic E-state index is 13.0. The van der Waals surface area contributed by atoms with Crippen LogP contribution in [0.2, 0.25) is 5.02 Å². The summed E-state index contributed by atoms with van der Waals surface area (Å²) < 4.78 is 5.83. The summed E-state index contributed by atoms with van der Waals surface area (Å²) in [5.74, 6) is -0.246. The molecular formula is C22H23ClO3. The van der Waals surface area contributed by atoms with Crippen molar-refractivity contribution in [3.05, 3.63) is 64.4 Å². The molecular weight excluding hydrogens is 348 g/mol. The number of carbonyl (C=O) groups is 1. The molecule has 0 fully saturated rings. The summed E-state index contributed by atoms with van der Waals surface area (Å²) in [5.41, 5.74) is 1.99. The molecule has 1 aliphatic rings. The fourth-order valence-electron chi connectivity index (χ4n) is 3.41. The first-order chi connectivity index (χ1) is 12.0. The van der Waals surface area contributed by atoms with Gasteiger partial charge in [-0.2, -0.15) is 0 Å². The molecule has 4 heteroatoms. The summed E-state index contributed by atoms with van der Waals surface area (Å²) in [4.78, 5) is 13.0. The second-order valence-electron chi connectivity index (χ2n) is 7.71. The molecule has 1 heterocycles. The zero-order chi connectivity index (χ0) is 19.3. The number of halogens is 1. The SMILES string of the molecule is Cc1ccc(-c2ccc(Cl)cc2)cc1C1=C(O)C(C)(C)OC(C)(C)C1=O. The Balaban J connectivity index is 2.21. The van der Waals surface area contributed by atoms with E-state index in [1.165, 1.54) is 0 Å². The fraction of sp³-hybridized carbons (Fsp3) is 0.318. The van der Waals surface area contributed by atoms with E-state index in [0.29, 0.717) is 10.6 Å². The van der Waals surface area contributed by atoms with Crippen molar-refractivity contribution in [3.8, 4) is 11.1 Å². The van der Waals surface area contributed by atoms with E-state index in [2.05, 4.69) is 0 Å². The van der Waals surface area contributed by atoms with Gasteiger partial charge in [0.05, 0.1) is 5.57 Å². The van der Waals surface area contributed by atoms with E-state index in [1.807, 2.05) is 49.4 Å². The second kappa shape index (κ2) is 6.26. The topological polar surface area (TPSA) is 46.5 Å². The van der Waals surface area contributed by atoms with Gasteiger partial charge < -0.3 is 9.84 Å². The van der Waals surface area contributed by atoms with Crippen molar-refractivity contribution in [2.24, 2.45) is 0 Å². The summed E-state index contributed by atoms with van der Waals surface area (Å²) in [5, 5.41) is 11.5. The van der Waals surface area contributed by atoms with Crippen LogP contribution in [0, 0.1) is 6.92 Å².